The molecule has 2 aliphatic heterocycles. The van der Waals surface area contributed by atoms with Crippen molar-refractivity contribution in [3.63, 3.8) is 0 Å². The van der Waals surface area contributed by atoms with Gasteiger partial charge in [0.25, 0.3) is 0 Å². The number of hydrogen-bond acceptors (Lipinski definition) is 6. The van der Waals surface area contributed by atoms with E-state index >= 15 is 0 Å². The van der Waals surface area contributed by atoms with Crippen LogP contribution in [0.2, 0.25) is 0 Å². The lowest BCUT2D eigenvalue weighted by Gasteiger charge is -2.33. The molecule has 0 bridgehead atoms. The largest absolute Gasteiger partial charge is 0.376 e. The summed E-state index contributed by atoms with van der Waals surface area (Å²) in [5.41, 5.74) is 2.51. The van der Waals surface area contributed by atoms with Gasteiger partial charge in [-0.1, -0.05) is 12.1 Å². The quantitative estimate of drug-likeness (QED) is 0.503. The van der Waals surface area contributed by atoms with E-state index in [9.17, 15) is 14.4 Å². The van der Waals surface area contributed by atoms with Crippen molar-refractivity contribution in [3.05, 3.63) is 34.2 Å². The molecular weight excluding hydrogens is 490 g/mol. The fourth-order valence-corrected chi connectivity index (χ4v) is 4.91. The monoisotopic (exact) mass is 523 g/mol. The maximum atomic E-state index is 13.0. The molecule has 2 N–H and O–H groups in total. The van der Waals surface area contributed by atoms with Gasteiger partial charge in [-0.05, 0) is 57.5 Å². The second-order valence-electron chi connectivity index (χ2n) is 8.75. The van der Waals surface area contributed by atoms with Gasteiger partial charge in [0, 0.05) is 26.6 Å². The van der Waals surface area contributed by atoms with E-state index < -0.39 is 11.9 Å². The van der Waals surface area contributed by atoms with Crippen LogP contribution in [-0.4, -0.2) is 71.8 Å². The summed E-state index contributed by atoms with van der Waals surface area (Å²) in [6.45, 7) is 4.62. The number of rotatable bonds is 8. The summed E-state index contributed by atoms with van der Waals surface area (Å²) in [4.78, 5) is 39.5. The number of nitrogens with one attached hydrogen (secondary N) is 2. The van der Waals surface area contributed by atoms with Crippen LogP contribution < -0.4 is 16.3 Å². The van der Waals surface area contributed by atoms with Crippen molar-refractivity contribution in [2.45, 2.75) is 44.2 Å². The van der Waals surface area contributed by atoms with Crippen LogP contribution in [0.25, 0.3) is 11.0 Å². The lowest BCUT2D eigenvalue weighted by atomic mass is 10.0. The Morgan fingerprint density at radius 2 is 2.06 bits per heavy atom. The van der Waals surface area contributed by atoms with E-state index in [-0.39, 0.29) is 41.1 Å². The van der Waals surface area contributed by atoms with Crippen molar-refractivity contribution in [3.8, 4) is 0 Å². The number of imidazole rings is 1. The van der Waals surface area contributed by atoms with Gasteiger partial charge in [0.1, 0.15) is 6.04 Å². The van der Waals surface area contributed by atoms with Gasteiger partial charge in [-0.3, -0.25) is 28.9 Å². The first kappa shape index (κ1) is 25.6. The number of fused-ring (bicyclic) bond motifs is 1. The number of amides is 2. The summed E-state index contributed by atoms with van der Waals surface area (Å²) in [6.07, 6.45) is 3.72. The van der Waals surface area contributed by atoms with Crippen LogP contribution in [0.4, 0.5) is 0 Å². The van der Waals surface area contributed by atoms with Gasteiger partial charge in [-0.2, -0.15) is 0 Å². The standard InChI is InChI=1S/C23H33N5O4.BrH/c1-24-11-10-17-15-27(13-14-32-17)12-4-6-16-5-3-7-18-21(16)26(2)23(31)28(18)19-8-9-20(29)25-22(19)30;/h3,5,7,17,19,24H,4,6,8-15H2,1-2H3,(H,25,29,30);1H/t17-,19?;/m1./s1. The summed E-state index contributed by atoms with van der Waals surface area (Å²) in [5.74, 6) is -0.682. The zero-order chi connectivity index (χ0) is 22.7. The topological polar surface area (TPSA) is 97.6 Å². The molecule has 2 fully saturated rings. The molecule has 0 radical (unpaired) electrons. The maximum absolute atomic E-state index is 13.0. The molecule has 2 saturated heterocycles. The number of morpholine rings is 1. The summed E-state index contributed by atoms with van der Waals surface area (Å²) in [6, 6.07) is 5.24. The van der Waals surface area contributed by atoms with E-state index in [4.69, 9.17) is 4.74 Å². The minimum atomic E-state index is -0.651. The van der Waals surface area contributed by atoms with Crippen LogP contribution in [0.3, 0.4) is 0 Å². The Balaban J connectivity index is 0.00000306. The highest BCUT2D eigenvalue weighted by Crippen LogP contribution is 2.25. The predicted octanol–water partition coefficient (Wildman–Crippen LogP) is 1.14. The number of halogens is 1. The first-order valence-electron chi connectivity index (χ1n) is 11.5. The Morgan fingerprint density at radius 3 is 2.82 bits per heavy atom. The SMILES string of the molecule is Br.CNCC[C@@H]1CN(CCCc2cccc3c2n(C)c(=O)n3C2CCC(=O)NC2=O)CCO1. The molecule has 2 atom stereocenters. The number of carbonyl (C=O) groups is 2. The van der Waals surface area contributed by atoms with Crippen molar-refractivity contribution in [1.82, 2.24) is 24.7 Å². The van der Waals surface area contributed by atoms with Gasteiger partial charge < -0.3 is 10.1 Å². The zero-order valence-electron chi connectivity index (χ0n) is 19.3. The van der Waals surface area contributed by atoms with Crippen LogP contribution >= 0.6 is 17.0 Å². The molecule has 0 spiro atoms. The highest BCUT2D eigenvalue weighted by Gasteiger charge is 2.31. The lowest BCUT2D eigenvalue weighted by molar-refractivity contribution is -0.135. The number of para-hydroxylation sites is 1. The second kappa shape index (κ2) is 11.4. The van der Waals surface area contributed by atoms with Gasteiger partial charge >= 0.3 is 5.69 Å². The fourth-order valence-electron chi connectivity index (χ4n) is 4.91. The summed E-state index contributed by atoms with van der Waals surface area (Å²) < 4.78 is 9.05. The molecule has 9 nitrogen and oxygen atoms in total. The van der Waals surface area contributed by atoms with Crippen molar-refractivity contribution < 1.29 is 14.3 Å². The molecule has 1 unspecified atom stereocenters. The number of imide groups is 1. The average Bonchev–Trinajstić information content (AvgIpc) is 3.04. The third-order valence-electron chi connectivity index (χ3n) is 6.57. The van der Waals surface area contributed by atoms with E-state index in [0.717, 1.165) is 68.6 Å². The maximum Gasteiger partial charge on any atom is 0.329 e. The van der Waals surface area contributed by atoms with Gasteiger partial charge in [-0.25, -0.2) is 4.79 Å². The highest BCUT2D eigenvalue weighted by atomic mass is 79.9. The van der Waals surface area contributed by atoms with Crippen LogP contribution in [0.5, 0.6) is 0 Å². The van der Waals surface area contributed by atoms with Crippen molar-refractivity contribution in [2.75, 3.05) is 39.8 Å². The molecule has 0 aliphatic carbocycles. The molecule has 33 heavy (non-hydrogen) atoms. The summed E-state index contributed by atoms with van der Waals surface area (Å²) in [7, 11) is 3.72. The second-order valence-corrected chi connectivity index (χ2v) is 8.75. The third kappa shape index (κ3) is 5.56. The van der Waals surface area contributed by atoms with Crippen molar-refractivity contribution >= 4 is 39.8 Å². The van der Waals surface area contributed by atoms with Crippen LogP contribution in [0, 0.1) is 0 Å². The Hall–Kier alpha value is -2.01. The Labute approximate surface area is 204 Å². The molecule has 2 amide bonds. The van der Waals surface area contributed by atoms with Gasteiger partial charge in [0.2, 0.25) is 11.8 Å². The first-order chi connectivity index (χ1) is 15.5. The molecule has 1 aromatic carbocycles. The number of hydrogen-bond donors (Lipinski definition) is 2. The molecule has 4 rings (SSSR count). The van der Waals surface area contributed by atoms with Gasteiger partial charge in [0.05, 0.1) is 23.7 Å². The number of aromatic nitrogens is 2. The molecule has 0 saturated carbocycles. The molecule has 10 heteroatoms. The molecule has 1 aromatic heterocycles. The molecule has 2 aromatic rings. The molecule has 182 valence electrons. The highest BCUT2D eigenvalue weighted by molar-refractivity contribution is 8.93. The molecule has 3 heterocycles. The normalized spacial score (nSPS) is 21.8. The molecular formula is C23H34BrN5O4. The number of piperidine rings is 1. The zero-order valence-corrected chi connectivity index (χ0v) is 21.1. The van der Waals surface area contributed by atoms with Crippen molar-refractivity contribution in [1.29, 1.82) is 0 Å². The van der Waals surface area contributed by atoms with E-state index in [1.807, 2.05) is 19.2 Å². The Morgan fingerprint density at radius 1 is 1.24 bits per heavy atom. The summed E-state index contributed by atoms with van der Waals surface area (Å²) >= 11 is 0. The van der Waals surface area contributed by atoms with E-state index in [0.29, 0.717) is 6.42 Å². The molecule has 2 aliphatic rings. The van der Waals surface area contributed by atoms with Gasteiger partial charge in [-0.15, -0.1) is 17.0 Å². The average molecular weight is 524 g/mol. The number of aryl methyl sites for hydroxylation is 2. The van der Waals surface area contributed by atoms with Crippen LogP contribution in [0.1, 0.15) is 37.3 Å². The third-order valence-corrected chi connectivity index (χ3v) is 6.57. The minimum Gasteiger partial charge on any atom is -0.376 e. The van der Waals surface area contributed by atoms with E-state index in [1.165, 1.54) is 0 Å². The number of benzene rings is 1. The predicted molar refractivity (Wildman–Crippen MR) is 132 cm³/mol. The van der Waals surface area contributed by atoms with Crippen molar-refractivity contribution in [2.24, 2.45) is 7.05 Å². The lowest BCUT2D eigenvalue weighted by Crippen LogP contribution is -2.44. The Bertz CT molecular complexity index is 1050. The van der Waals surface area contributed by atoms with Crippen LogP contribution in [-0.2, 0) is 27.8 Å². The van der Waals surface area contributed by atoms with Crippen LogP contribution in [0.15, 0.2) is 23.0 Å². The number of nitrogens with zero attached hydrogens (tertiary/aromatic N) is 3. The number of ether oxygens (including phenoxy) is 1. The minimum absolute atomic E-state index is 0. The number of carbonyl (C=O) groups excluding carboxylic acids is 2. The Kier molecular flexibility index (Phi) is 8.86. The summed E-state index contributed by atoms with van der Waals surface area (Å²) in [5, 5.41) is 5.55. The van der Waals surface area contributed by atoms with E-state index in [1.54, 1.807) is 16.2 Å². The van der Waals surface area contributed by atoms with Gasteiger partial charge in [0.15, 0.2) is 0 Å². The van der Waals surface area contributed by atoms with E-state index in [2.05, 4.69) is 21.6 Å². The smallest absolute Gasteiger partial charge is 0.329 e. The first-order valence-corrected chi connectivity index (χ1v) is 11.5. The fraction of sp³-hybridized carbons (Fsp3) is 0.609.